The maximum Gasteiger partial charge on any atom is 0.349 e. The van der Waals surface area contributed by atoms with E-state index in [2.05, 4.69) is 15.9 Å². The molecular weight excluding hydrogens is 448 g/mol. The van der Waals surface area contributed by atoms with Gasteiger partial charge >= 0.3 is 11.9 Å². The van der Waals surface area contributed by atoms with Crippen LogP contribution >= 0.6 is 15.9 Å². The highest BCUT2D eigenvalue weighted by Crippen LogP contribution is 2.27. The molecule has 3 aromatic carbocycles. The minimum Gasteiger partial charge on any atom is -0.481 e. The average Bonchev–Trinajstić information content (AvgIpc) is 2.72. The van der Waals surface area contributed by atoms with Crippen LogP contribution in [0, 0.1) is 13.8 Å². The Morgan fingerprint density at radius 2 is 1.53 bits per heavy atom. The summed E-state index contributed by atoms with van der Waals surface area (Å²) in [6, 6.07) is 19.5. The number of halogens is 1. The molecule has 3 rings (SSSR count). The SMILES string of the molecule is Cc1cc(Br)cc(C)c1OCC(=O)Oc1ccc(C(=O)OCc2ccccc2)cc1. The lowest BCUT2D eigenvalue weighted by Crippen LogP contribution is -2.18. The summed E-state index contributed by atoms with van der Waals surface area (Å²) in [7, 11) is 0. The van der Waals surface area contributed by atoms with Gasteiger partial charge in [0.2, 0.25) is 0 Å². The highest BCUT2D eigenvalue weighted by molar-refractivity contribution is 9.10. The van der Waals surface area contributed by atoms with Crippen molar-refractivity contribution in [3.05, 3.63) is 93.5 Å². The van der Waals surface area contributed by atoms with Crippen molar-refractivity contribution in [3.8, 4) is 11.5 Å². The molecule has 3 aromatic rings. The van der Waals surface area contributed by atoms with Crippen molar-refractivity contribution >= 4 is 27.9 Å². The highest BCUT2D eigenvalue weighted by atomic mass is 79.9. The summed E-state index contributed by atoms with van der Waals surface area (Å²) in [5.41, 5.74) is 3.14. The zero-order valence-corrected chi connectivity index (χ0v) is 18.3. The lowest BCUT2D eigenvalue weighted by molar-refractivity contribution is -0.136. The van der Waals surface area contributed by atoms with Crippen LogP contribution in [0.4, 0.5) is 0 Å². The molecule has 6 heteroatoms. The van der Waals surface area contributed by atoms with Gasteiger partial charge in [-0.15, -0.1) is 0 Å². The number of ether oxygens (including phenoxy) is 3. The maximum atomic E-state index is 12.1. The summed E-state index contributed by atoms with van der Waals surface area (Å²) in [5, 5.41) is 0. The molecule has 0 aliphatic rings. The number of carbonyl (C=O) groups is 2. The molecule has 0 saturated heterocycles. The van der Waals surface area contributed by atoms with Crippen molar-refractivity contribution in [2.75, 3.05) is 6.61 Å². The van der Waals surface area contributed by atoms with Crippen molar-refractivity contribution in [1.82, 2.24) is 0 Å². The predicted octanol–water partition coefficient (Wildman–Crippen LogP) is 5.41. The number of rotatable bonds is 7. The van der Waals surface area contributed by atoms with E-state index in [4.69, 9.17) is 14.2 Å². The van der Waals surface area contributed by atoms with E-state index in [0.29, 0.717) is 17.1 Å². The molecule has 0 heterocycles. The Balaban J connectivity index is 1.51. The fraction of sp³-hybridized carbons (Fsp3) is 0.167. The molecule has 0 spiro atoms. The van der Waals surface area contributed by atoms with E-state index in [9.17, 15) is 9.59 Å². The molecule has 0 radical (unpaired) electrons. The average molecular weight is 469 g/mol. The molecule has 0 N–H and O–H groups in total. The molecule has 0 bridgehead atoms. The zero-order valence-electron chi connectivity index (χ0n) is 16.7. The van der Waals surface area contributed by atoms with E-state index in [1.54, 1.807) is 24.3 Å². The highest BCUT2D eigenvalue weighted by Gasteiger charge is 2.12. The number of hydrogen-bond acceptors (Lipinski definition) is 5. The van der Waals surface area contributed by atoms with Crippen LogP contribution in [0.1, 0.15) is 27.0 Å². The first-order valence-electron chi connectivity index (χ1n) is 9.33. The third-order valence-corrected chi connectivity index (χ3v) is 4.75. The minimum atomic E-state index is -0.531. The van der Waals surface area contributed by atoms with Gasteiger partial charge in [0.15, 0.2) is 6.61 Å². The molecule has 154 valence electrons. The van der Waals surface area contributed by atoms with Gasteiger partial charge in [0.05, 0.1) is 5.56 Å². The van der Waals surface area contributed by atoms with E-state index >= 15 is 0 Å². The summed E-state index contributed by atoms with van der Waals surface area (Å²) in [5.74, 6) is 0.0106. The van der Waals surface area contributed by atoms with Gasteiger partial charge in [-0.2, -0.15) is 0 Å². The molecule has 0 unspecified atom stereocenters. The van der Waals surface area contributed by atoms with Crippen LogP contribution in [0.15, 0.2) is 71.2 Å². The number of esters is 2. The van der Waals surface area contributed by atoms with Crippen molar-refractivity contribution in [2.24, 2.45) is 0 Å². The molecule has 0 fully saturated rings. The minimum absolute atomic E-state index is 0.197. The fourth-order valence-electron chi connectivity index (χ4n) is 2.88. The van der Waals surface area contributed by atoms with Crippen molar-refractivity contribution < 1.29 is 23.8 Å². The van der Waals surface area contributed by atoms with Gasteiger partial charge in [0.1, 0.15) is 18.1 Å². The Morgan fingerprint density at radius 3 is 2.17 bits per heavy atom. The number of hydrogen-bond donors (Lipinski definition) is 0. The van der Waals surface area contributed by atoms with E-state index in [1.165, 1.54) is 0 Å². The standard InChI is InChI=1S/C24H21BrO5/c1-16-12-20(25)13-17(2)23(16)28-15-22(26)30-21-10-8-19(9-11-21)24(27)29-14-18-6-4-3-5-7-18/h3-13H,14-15H2,1-2H3. The molecule has 0 aliphatic carbocycles. The fourth-order valence-corrected chi connectivity index (χ4v) is 3.57. The first-order chi connectivity index (χ1) is 14.4. The van der Waals surface area contributed by atoms with Gasteiger partial charge in [-0.05, 0) is 66.9 Å². The van der Waals surface area contributed by atoms with Gasteiger partial charge in [-0.3, -0.25) is 0 Å². The summed E-state index contributed by atoms with van der Waals surface area (Å²) in [6.45, 7) is 3.80. The monoisotopic (exact) mass is 468 g/mol. The van der Waals surface area contributed by atoms with Crippen LogP contribution < -0.4 is 9.47 Å². The van der Waals surface area contributed by atoms with Gasteiger partial charge in [-0.1, -0.05) is 46.3 Å². The number of benzene rings is 3. The first-order valence-corrected chi connectivity index (χ1v) is 10.1. The van der Waals surface area contributed by atoms with Crippen LogP contribution in [0.5, 0.6) is 11.5 Å². The Kier molecular flexibility index (Phi) is 7.25. The summed E-state index contributed by atoms with van der Waals surface area (Å²) in [6.07, 6.45) is 0. The normalized spacial score (nSPS) is 10.4. The second kappa shape index (κ2) is 10.1. The van der Waals surface area contributed by atoms with Crippen LogP contribution in [-0.4, -0.2) is 18.5 Å². The lowest BCUT2D eigenvalue weighted by Gasteiger charge is -2.12. The molecule has 0 amide bonds. The molecule has 0 atom stereocenters. The van der Waals surface area contributed by atoms with Crippen molar-refractivity contribution in [2.45, 2.75) is 20.5 Å². The van der Waals surface area contributed by atoms with Crippen LogP contribution in [0.2, 0.25) is 0 Å². The second-order valence-corrected chi connectivity index (χ2v) is 7.63. The van der Waals surface area contributed by atoms with E-state index in [1.807, 2.05) is 56.3 Å². The van der Waals surface area contributed by atoms with E-state index in [0.717, 1.165) is 21.2 Å². The molecular formula is C24H21BrO5. The lowest BCUT2D eigenvalue weighted by atomic mass is 10.1. The first kappa shape index (κ1) is 21.6. The Morgan fingerprint density at radius 1 is 0.900 bits per heavy atom. The molecule has 30 heavy (non-hydrogen) atoms. The Hall–Kier alpha value is -3.12. The van der Waals surface area contributed by atoms with E-state index in [-0.39, 0.29) is 13.2 Å². The largest absolute Gasteiger partial charge is 0.481 e. The third-order valence-electron chi connectivity index (χ3n) is 4.29. The Bertz CT molecular complexity index is 1010. The van der Waals surface area contributed by atoms with E-state index < -0.39 is 11.9 Å². The van der Waals surface area contributed by atoms with Gasteiger partial charge in [0, 0.05) is 4.47 Å². The number of aryl methyl sites for hydroxylation is 2. The topological polar surface area (TPSA) is 61.8 Å². The summed E-state index contributed by atoms with van der Waals surface area (Å²) >= 11 is 3.43. The maximum absolute atomic E-state index is 12.1. The van der Waals surface area contributed by atoms with Crippen LogP contribution in [0.25, 0.3) is 0 Å². The summed E-state index contributed by atoms with van der Waals surface area (Å²) < 4.78 is 17.1. The van der Waals surface area contributed by atoms with Gasteiger partial charge < -0.3 is 14.2 Å². The van der Waals surface area contributed by atoms with Crippen molar-refractivity contribution in [1.29, 1.82) is 0 Å². The quantitative estimate of drug-likeness (QED) is 0.342. The number of carbonyl (C=O) groups excluding carboxylic acids is 2. The summed E-state index contributed by atoms with van der Waals surface area (Å²) in [4.78, 5) is 24.3. The zero-order chi connectivity index (χ0) is 21.5. The predicted molar refractivity (Wildman–Crippen MR) is 117 cm³/mol. The smallest absolute Gasteiger partial charge is 0.349 e. The van der Waals surface area contributed by atoms with Crippen LogP contribution in [-0.2, 0) is 16.1 Å². The second-order valence-electron chi connectivity index (χ2n) is 6.72. The molecule has 0 aromatic heterocycles. The Labute approximate surface area is 183 Å². The van der Waals surface area contributed by atoms with Gasteiger partial charge in [-0.25, -0.2) is 9.59 Å². The van der Waals surface area contributed by atoms with Gasteiger partial charge in [0.25, 0.3) is 0 Å². The van der Waals surface area contributed by atoms with Crippen LogP contribution in [0.3, 0.4) is 0 Å². The van der Waals surface area contributed by atoms with Crippen molar-refractivity contribution in [3.63, 3.8) is 0 Å². The molecule has 0 aliphatic heterocycles. The molecule has 5 nitrogen and oxygen atoms in total. The molecule has 0 saturated carbocycles. The third kappa shape index (κ3) is 5.94.